The van der Waals surface area contributed by atoms with Crippen molar-refractivity contribution in [2.24, 2.45) is 0 Å². The summed E-state index contributed by atoms with van der Waals surface area (Å²) in [6.45, 7) is 0. The van der Waals surface area contributed by atoms with Crippen molar-refractivity contribution in [1.29, 1.82) is 0 Å². The normalized spacial score (nSPS) is 11.3. The van der Waals surface area contributed by atoms with Crippen LogP contribution >= 0.6 is 11.6 Å². The van der Waals surface area contributed by atoms with Gasteiger partial charge in [-0.1, -0.05) is 0 Å². The Balaban J connectivity index is 1.98. The van der Waals surface area contributed by atoms with Crippen LogP contribution in [0.4, 0.5) is 0 Å². The van der Waals surface area contributed by atoms with Gasteiger partial charge in [0, 0.05) is 0 Å². The predicted molar refractivity (Wildman–Crippen MR) is 119 cm³/mol. The van der Waals surface area contributed by atoms with Crippen LogP contribution in [0, 0.1) is 0 Å². The van der Waals surface area contributed by atoms with Gasteiger partial charge >= 0.3 is 169 Å². The molecule has 4 aromatic rings. The minimum atomic E-state index is -2.69. The van der Waals surface area contributed by atoms with Crippen LogP contribution in [0.1, 0.15) is 5.56 Å². The van der Waals surface area contributed by atoms with E-state index in [0.717, 1.165) is 10.2 Å². The predicted octanol–water partition coefficient (Wildman–Crippen LogP) is 4.59. The average molecular weight is 432 g/mol. The standard InChI is InChI=1S/C25H21AsCl/c27-25-18-16-21(17-19-25)20-26(22-10-4-1-5-11-22,23-12-6-2-7-13-23)24-14-8-3-9-15-24/h1-19H,20H2. The Morgan fingerprint density at radius 2 is 0.852 bits per heavy atom. The summed E-state index contributed by atoms with van der Waals surface area (Å²) in [5, 5.41) is 1.82. The van der Waals surface area contributed by atoms with Crippen LogP contribution in [0.25, 0.3) is 0 Å². The van der Waals surface area contributed by atoms with Crippen LogP contribution < -0.4 is 13.1 Å². The van der Waals surface area contributed by atoms with Gasteiger partial charge in [-0.05, 0) is 0 Å². The van der Waals surface area contributed by atoms with Gasteiger partial charge in [-0.3, -0.25) is 0 Å². The summed E-state index contributed by atoms with van der Waals surface area (Å²) in [6.07, 6.45) is 0. The zero-order valence-corrected chi connectivity index (χ0v) is 17.6. The molecule has 0 spiro atoms. The molecule has 133 valence electrons. The molecule has 0 aliphatic heterocycles. The molecule has 0 saturated heterocycles. The van der Waals surface area contributed by atoms with Crippen molar-refractivity contribution >= 4 is 38.2 Å². The molecule has 0 atom stereocenters. The maximum absolute atomic E-state index is 6.15. The Labute approximate surface area is 168 Å². The monoisotopic (exact) mass is 431 g/mol. The molecule has 0 aromatic heterocycles. The average Bonchev–Trinajstić information content (AvgIpc) is 2.75. The van der Waals surface area contributed by atoms with Gasteiger partial charge in [-0.15, -0.1) is 0 Å². The summed E-state index contributed by atoms with van der Waals surface area (Å²) in [5.41, 5.74) is 1.34. The quantitative estimate of drug-likeness (QED) is 0.405. The van der Waals surface area contributed by atoms with Crippen molar-refractivity contribution in [3.8, 4) is 0 Å². The number of hydrogen-bond acceptors (Lipinski definition) is 0. The summed E-state index contributed by atoms with van der Waals surface area (Å²) < 4.78 is 4.38. The third-order valence-electron chi connectivity index (χ3n) is 4.92. The van der Waals surface area contributed by atoms with E-state index in [-0.39, 0.29) is 0 Å². The van der Waals surface area contributed by atoms with Crippen LogP contribution in [0.15, 0.2) is 115 Å². The van der Waals surface area contributed by atoms with E-state index < -0.39 is 13.6 Å². The van der Waals surface area contributed by atoms with Gasteiger partial charge in [-0.2, -0.15) is 0 Å². The van der Waals surface area contributed by atoms with Crippen molar-refractivity contribution in [3.05, 3.63) is 126 Å². The molecule has 4 rings (SSSR count). The van der Waals surface area contributed by atoms with Crippen molar-refractivity contribution < 1.29 is 0 Å². The van der Waals surface area contributed by atoms with Crippen molar-refractivity contribution in [2.75, 3.05) is 0 Å². The fourth-order valence-corrected chi connectivity index (χ4v) is 12.7. The molecule has 2 heteroatoms. The Hall–Kier alpha value is -2.27. The van der Waals surface area contributed by atoms with E-state index in [2.05, 4.69) is 103 Å². The summed E-state index contributed by atoms with van der Waals surface area (Å²) >= 11 is 3.46. The molecular weight excluding hydrogens is 411 g/mol. The summed E-state index contributed by atoms with van der Waals surface area (Å²) in [4.78, 5) is 0. The molecule has 0 fully saturated rings. The van der Waals surface area contributed by atoms with E-state index in [1.54, 1.807) is 0 Å². The SMILES string of the molecule is Clc1ccc(C[As](c2ccccc2)(c2ccccc2)c2ccccc2)cc1. The first-order valence-corrected chi connectivity index (χ1v) is 13.6. The maximum atomic E-state index is 6.15. The first-order valence-electron chi connectivity index (χ1n) is 9.08. The van der Waals surface area contributed by atoms with Gasteiger partial charge in [-0.25, -0.2) is 0 Å². The number of rotatable bonds is 5. The summed E-state index contributed by atoms with van der Waals surface area (Å²) in [6, 6.07) is 41.5. The molecule has 1 radical (unpaired) electrons. The molecule has 27 heavy (non-hydrogen) atoms. The number of hydrogen-bond donors (Lipinski definition) is 0. The van der Waals surface area contributed by atoms with Gasteiger partial charge in [0.1, 0.15) is 0 Å². The third-order valence-corrected chi connectivity index (χ3v) is 14.4. The molecular formula is C25H21AsCl. The van der Waals surface area contributed by atoms with Crippen LogP contribution in [0.3, 0.4) is 0 Å². The van der Waals surface area contributed by atoms with Crippen LogP contribution in [0.5, 0.6) is 0 Å². The van der Waals surface area contributed by atoms with E-state index in [4.69, 9.17) is 11.6 Å². The molecule has 4 aromatic carbocycles. The number of halogens is 1. The molecule has 0 nitrogen and oxygen atoms in total. The van der Waals surface area contributed by atoms with Crippen LogP contribution in [0.2, 0.25) is 5.02 Å². The van der Waals surface area contributed by atoms with E-state index in [1.807, 2.05) is 12.1 Å². The third kappa shape index (κ3) is 3.74. The first-order chi connectivity index (χ1) is 13.3. The van der Waals surface area contributed by atoms with E-state index >= 15 is 0 Å². The second-order valence-electron chi connectivity index (χ2n) is 6.60. The Morgan fingerprint density at radius 1 is 0.481 bits per heavy atom. The molecule has 0 aliphatic rings. The van der Waals surface area contributed by atoms with Gasteiger partial charge in [0.15, 0.2) is 0 Å². The minimum absolute atomic E-state index is 0.786. The fourth-order valence-electron chi connectivity index (χ4n) is 3.63. The van der Waals surface area contributed by atoms with Crippen molar-refractivity contribution in [3.63, 3.8) is 0 Å². The molecule has 0 bridgehead atoms. The van der Waals surface area contributed by atoms with Gasteiger partial charge in [0.25, 0.3) is 0 Å². The first kappa shape index (κ1) is 18.1. The number of benzene rings is 4. The Bertz CT molecular complexity index is 884. The van der Waals surface area contributed by atoms with Gasteiger partial charge < -0.3 is 0 Å². The van der Waals surface area contributed by atoms with Crippen LogP contribution in [-0.2, 0) is 5.21 Å². The summed E-state index contributed by atoms with van der Waals surface area (Å²) in [7, 11) is 0. The Morgan fingerprint density at radius 3 is 1.22 bits per heavy atom. The topological polar surface area (TPSA) is 0 Å². The summed E-state index contributed by atoms with van der Waals surface area (Å²) in [5.74, 6) is 0. The molecule has 0 heterocycles. The second-order valence-corrected chi connectivity index (χ2v) is 14.3. The Kier molecular flexibility index (Phi) is 5.48. The van der Waals surface area contributed by atoms with E-state index in [9.17, 15) is 0 Å². The molecule has 0 saturated carbocycles. The molecule has 0 amide bonds. The van der Waals surface area contributed by atoms with Gasteiger partial charge in [0.05, 0.1) is 0 Å². The fraction of sp³-hybridized carbons (Fsp3) is 0.0400. The van der Waals surface area contributed by atoms with E-state index in [1.165, 1.54) is 18.6 Å². The second kappa shape index (κ2) is 8.17. The van der Waals surface area contributed by atoms with Crippen LogP contribution in [-0.4, -0.2) is 13.6 Å². The van der Waals surface area contributed by atoms with Crippen molar-refractivity contribution in [2.45, 2.75) is 5.21 Å². The van der Waals surface area contributed by atoms with E-state index in [0.29, 0.717) is 0 Å². The molecule has 0 unspecified atom stereocenters. The van der Waals surface area contributed by atoms with Gasteiger partial charge in [0.2, 0.25) is 0 Å². The molecule has 0 aliphatic carbocycles. The molecule has 0 N–H and O–H groups in total. The van der Waals surface area contributed by atoms with Crippen molar-refractivity contribution in [1.82, 2.24) is 0 Å². The zero-order chi connectivity index (χ0) is 18.5. The zero-order valence-electron chi connectivity index (χ0n) is 15.0.